The van der Waals surface area contributed by atoms with Gasteiger partial charge in [0.25, 0.3) is 0 Å². The van der Waals surface area contributed by atoms with Crippen molar-refractivity contribution in [2.75, 3.05) is 11.1 Å². The van der Waals surface area contributed by atoms with Crippen LogP contribution in [-0.2, 0) is 11.2 Å². The molecule has 0 spiro atoms. The highest BCUT2D eigenvalue weighted by Crippen LogP contribution is 2.23. The molecule has 0 atom stereocenters. The second-order valence-electron chi connectivity index (χ2n) is 5.07. The largest absolute Gasteiger partial charge is 0.325 e. The van der Waals surface area contributed by atoms with E-state index in [0.29, 0.717) is 22.6 Å². The third-order valence-electron chi connectivity index (χ3n) is 3.22. The number of nitrogens with one attached hydrogen (secondary N) is 1. The van der Waals surface area contributed by atoms with E-state index in [-0.39, 0.29) is 17.4 Å². The highest BCUT2D eigenvalue weighted by molar-refractivity contribution is 8.00. The number of amides is 1. The van der Waals surface area contributed by atoms with Crippen LogP contribution >= 0.6 is 11.8 Å². The van der Waals surface area contributed by atoms with Crippen molar-refractivity contribution in [3.8, 4) is 6.07 Å². The number of halogens is 1. The van der Waals surface area contributed by atoms with Crippen molar-refractivity contribution in [1.82, 2.24) is 0 Å². The average Bonchev–Trinajstić information content (AvgIpc) is 2.55. The second kappa shape index (κ2) is 8.27. The third kappa shape index (κ3) is 4.93. The molecule has 1 amide bonds. The summed E-state index contributed by atoms with van der Waals surface area (Å²) in [5, 5.41) is 11.3. The summed E-state index contributed by atoms with van der Waals surface area (Å²) in [5.41, 5.74) is 1.80. The number of thioether (sulfide) groups is 1. The van der Waals surface area contributed by atoms with Crippen LogP contribution in [0.15, 0.2) is 47.4 Å². The van der Waals surface area contributed by atoms with Gasteiger partial charge in [0, 0.05) is 16.1 Å². The second-order valence-corrected chi connectivity index (χ2v) is 6.09. The molecule has 0 saturated heterocycles. The first-order chi connectivity index (χ1) is 11.5. The molecule has 0 aromatic heterocycles. The Hall–Kier alpha value is -2.65. The Morgan fingerprint density at radius 2 is 1.92 bits per heavy atom. The van der Waals surface area contributed by atoms with Crippen molar-refractivity contribution in [2.45, 2.75) is 18.2 Å². The van der Waals surface area contributed by atoms with E-state index in [4.69, 9.17) is 5.26 Å². The molecule has 122 valence electrons. The van der Waals surface area contributed by atoms with Gasteiger partial charge in [-0.25, -0.2) is 4.39 Å². The van der Waals surface area contributed by atoms with E-state index in [1.807, 2.05) is 0 Å². The summed E-state index contributed by atoms with van der Waals surface area (Å²) >= 11 is 1.06. The summed E-state index contributed by atoms with van der Waals surface area (Å²) in [6, 6.07) is 13.2. The lowest BCUT2D eigenvalue weighted by atomic mass is 10.1. The van der Waals surface area contributed by atoms with Crippen LogP contribution < -0.4 is 5.32 Å². The van der Waals surface area contributed by atoms with Crippen LogP contribution in [0.3, 0.4) is 0 Å². The van der Waals surface area contributed by atoms with Gasteiger partial charge in [-0.2, -0.15) is 5.26 Å². The molecule has 2 aromatic rings. The standard InChI is InChI=1S/C18H15FN2O2S/c1-12(22)14-4-7-17(16(19)10-14)24-11-18(23)21-15-5-2-13(3-6-15)8-9-20/h2-7,10H,8,11H2,1H3,(H,21,23). The van der Waals surface area contributed by atoms with Gasteiger partial charge in [0.15, 0.2) is 5.78 Å². The number of rotatable bonds is 6. The van der Waals surface area contributed by atoms with Gasteiger partial charge >= 0.3 is 0 Å². The number of nitrogens with zero attached hydrogens (tertiary/aromatic N) is 1. The summed E-state index contributed by atoms with van der Waals surface area (Å²) < 4.78 is 13.9. The minimum atomic E-state index is -0.513. The zero-order valence-corrected chi connectivity index (χ0v) is 13.8. The van der Waals surface area contributed by atoms with Crippen molar-refractivity contribution in [3.05, 3.63) is 59.4 Å². The molecule has 24 heavy (non-hydrogen) atoms. The van der Waals surface area contributed by atoms with Gasteiger partial charge in [-0.05, 0) is 36.8 Å². The molecule has 6 heteroatoms. The van der Waals surface area contributed by atoms with Crippen molar-refractivity contribution in [3.63, 3.8) is 0 Å². The average molecular weight is 342 g/mol. The monoisotopic (exact) mass is 342 g/mol. The molecule has 4 nitrogen and oxygen atoms in total. The lowest BCUT2D eigenvalue weighted by molar-refractivity contribution is -0.113. The molecular weight excluding hydrogens is 327 g/mol. The van der Waals surface area contributed by atoms with E-state index in [1.54, 1.807) is 30.3 Å². The van der Waals surface area contributed by atoms with E-state index in [2.05, 4.69) is 11.4 Å². The van der Waals surface area contributed by atoms with Crippen LogP contribution in [0.25, 0.3) is 0 Å². The minimum Gasteiger partial charge on any atom is -0.325 e. The topological polar surface area (TPSA) is 70.0 Å². The molecule has 0 heterocycles. The molecule has 0 bridgehead atoms. The third-order valence-corrected chi connectivity index (χ3v) is 4.27. The number of anilines is 1. The van der Waals surface area contributed by atoms with Gasteiger partial charge < -0.3 is 5.32 Å². The number of hydrogen-bond acceptors (Lipinski definition) is 4. The Kier molecular flexibility index (Phi) is 6.10. The van der Waals surface area contributed by atoms with Gasteiger partial charge in [0.05, 0.1) is 18.2 Å². The first kappa shape index (κ1) is 17.7. The molecule has 0 radical (unpaired) electrons. The number of carbonyl (C=O) groups excluding carboxylic acids is 2. The van der Waals surface area contributed by atoms with E-state index in [1.165, 1.54) is 19.1 Å². The number of carbonyl (C=O) groups is 2. The van der Waals surface area contributed by atoms with E-state index >= 15 is 0 Å². The molecular formula is C18H15FN2O2S. The minimum absolute atomic E-state index is 0.0519. The van der Waals surface area contributed by atoms with E-state index < -0.39 is 5.82 Å². The van der Waals surface area contributed by atoms with Gasteiger partial charge in [0.1, 0.15) is 5.82 Å². The van der Waals surface area contributed by atoms with Gasteiger partial charge in [-0.1, -0.05) is 18.2 Å². The number of nitriles is 1. The molecule has 0 aliphatic carbocycles. The number of hydrogen-bond donors (Lipinski definition) is 1. The molecule has 2 aromatic carbocycles. The first-order valence-electron chi connectivity index (χ1n) is 7.18. The maximum absolute atomic E-state index is 13.9. The fourth-order valence-electron chi connectivity index (χ4n) is 1.97. The summed E-state index contributed by atoms with van der Waals surface area (Å²) in [5.74, 6) is -0.927. The van der Waals surface area contributed by atoms with Crippen LogP contribution in [0.5, 0.6) is 0 Å². The highest BCUT2D eigenvalue weighted by Gasteiger charge is 2.09. The molecule has 1 N–H and O–H groups in total. The van der Waals surface area contributed by atoms with Gasteiger partial charge in [-0.15, -0.1) is 11.8 Å². The predicted molar refractivity (Wildman–Crippen MR) is 91.5 cm³/mol. The Morgan fingerprint density at radius 1 is 1.21 bits per heavy atom. The summed E-state index contributed by atoms with van der Waals surface area (Å²) in [4.78, 5) is 23.4. The van der Waals surface area contributed by atoms with Crippen molar-refractivity contribution in [2.24, 2.45) is 0 Å². The van der Waals surface area contributed by atoms with E-state index in [9.17, 15) is 14.0 Å². The smallest absolute Gasteiger partial charge is 0.234 e. The Bertz CT molecular complexity index is 798. The van der Waals surface area contributed by atoms with Crippen LogP contribution in [0.1, 0.15) is 22.8 Å². The molecule has 0 aliphatic rings. The highest BCUT2D eigenvalue weighted by atomic mass is 32.2. The Balaban J connectivity index is 1.91. The summed E-state index contributed by atoms with van der Waals surface area (Å²) in [6.07, 6.45) is 0.319. The lowest BCUT2D eigenvalue weighted by Crippen LogP contribution is -2.14. The maximum Gasteiger partial charge on any atom is 0.234 e. The summed E-state index contributed by atoms with van der Waals surface area (Å²) in [6.45, 7) is 1.37. The lowest BCUT2D eigenvalue weighted by Gasteiger charge is -2.07. The van der Waals surface area contributed by atoms with Crippen LogP contribution in [-0.4, -0.2) is 17.4 Å². The van der Waals surface area contributed by atoms with E-state index in [0.717, 1.165) is 17.3 Å². The fraction of sp³-hybridized carbons (Fsp3) is 0.167. The van der Waals surface area contributed by atoms with Crippen molar-refractivity contribution in [1.29, 1.82) is 5.26 Å². The molecule has 0 saturated carbocycles. The molecule has 0 unspecified atom stereocenters. The first-order valence-corrected chi connectivity index (χ1v) is 8.17. The van der Waals surface area contributed by atoms with Crippen LogP contribution in [0.2, 0.25) is 0 Å². The zero-order valence-electron chi connectivity index (χ0n) is 13.0. The predicted octanol–water partition coefficient (Wildman–Crippen LogP) is 3.83. The van der Waals surface area contributed by atoms with Crippen LogP contribution in [0, 0.1) is 17.1 Å². The number of Topliss-reactive ketones (excluding diaryl/α,β-unsaturated/α-hetero) is 1. The molecule has 2 rings (SSSR count). The molecule has 0 fully saturated rings. The maximum atomic E-state index is 13.9. The quantitative estimate of drug-likeness (QED) is 0.640. The number of ketones is 1. The van der Waals surface area contributed by atoms with Crippen molar-refractivity contribution >= 4 is 29.1 Å². The van der Waals surface area contributed by atoms with Crippen LogP contribution in [0.4, 0.5) is 10.1 Å². The zero-order chi connectivity index (χ0) is 17.5. The Labute approximate surface area is 143 Å². The Morgan fingerprint density at radius 3 is 2.50 bits per heavy atom. The number of benzene rings is 2. The van der Waals surface area contributed by atoms with Gasteiger partial charge in [-0.3, -0.25) is 9.59 Å². The molecule has 0 aliphatic heterocycles. The summed E-state index contributed by atoms with van der Waals surface area (Å²) in [7, 11) is 0. The van der Waals surface area contributed by atoms with Crippen molar-refractivity contribution < 1.29 is 14.0 Å². The SMILES string of the molecule is CC(=O)c1ccc(SCC(=O)Nc2ccc(CC#N)cc2)c(F)c1. The normalized spacial score (nSPS) is 10.0. The fourth-order valence-corrected chi connectivity index (χ4v) is 2.69. The van der Waals surface area contributed by atoms with Gasteiger partial charge in [0.2, 0.25) is 5.91 Å².